The molecule has 0 saturated carbocycles. The molecule has 3 heterocycles. The van der Waals surface area contributed by atoms with Gasteiger partial charge in [-0.05, 0) is 63.7 Å². The summed E-state index contributed by atoms with van der Waals surface area (Å²) in [6.07, 6.45) is 2.64. The Labute approximate surface area is 151 Å². The number of hydrogen-bond donors (Lipinski definition) is 0. The van der Waals surface area contributed by atoms with Gasteiger partial charge in [-0.2, -0.15) is 0 Å². The topological polar surface area (TPSA) is 22.6 Å². The van der Waals surface area contributed by atoms with Crippen molar-refractivity contribution in [1.29, 1.82) is 0 Å². The van der Waals surface area contributed by atoms with E-state index in [0.717, 1.165) is 23.8 Å². The average Bonchev–Trinajstić information content (AvgIpc) is 2.63. The minimum absolute atomic E-state index is 0.800. The molecular formula is C21H30N4. The lowest BCUT2D eigenvalue weighted by atomic mass is 10.0. The number of pyridine rings is 1. The SMILES string of the molecule is Cc1ccc2cc(CN3CCC(N4CCN(C)CC4)CC3)ccc2n1. The summed E-state index contributed by atoms with van der Waals surface area (Å²) in [7, 11) is 2.24. The number of aryl methyl sites for hydroxylation is 1. The maximum Gasteiger partial charge on any atom is 0.0705 e. The number of fused-ring (bicyclic) bond motifs is 1. The van der Waals surface area contributed by atoms with Gasteiger partial charge in [0.25, 0.3) is 0 Å². The van der Waals surface area contributed by atoms with Crippen molar-refractivity contribution in [3.8, 4) is 0 Å². The van der Waals surface area contributed by atoms with E-state index in [-0.39, 0.29) is 0 Å². The molecule has 2 aliphatic rings. The molecule has 1 aromatic heterocycles. The van der Waals surface area contributed by atoms with E-state index in [1.165, 1.54) is 63.1 Å². The van der Waals surface area contributed by atoms with Crippen LogP contribution in [0.1, 0.15) is 24.1 Å². The maximum absolute atomic E-state index is 4.61. The van der Waals surface area contributed by atoms with Crippen molar-refractivity contribution in [2.45, 2.75) is 32.4 Å². The first-order chi connectivity index (χ1) is 12.2. The normalized spacial score (nSPS) is 21.8. The fourth-order valence-corrected chi connectivity index (χ4v) is 4.26. The van der Waals surface area contributed by atoms with Gasteiger partial charge in [0.05, 0.1) is 5.52 Å². The smallest absolute Gasteiger partial charge is 0.0705 e. The lowest BCUT2D eigenvalue weighted by molar-refractivity contribution is 0.0658. The second-order valence-corrected chi connectivity index (χ2v) is 7.83. The van der Waals surface area contributed by atoms with E-state index >= 15 is 0 Å². The lowest BCUT2D eigenvalue weighted by Crippen LogP contribution is -2.52. The summed E-state index contributed by atoms with van der Waals surface area (Å²) < 4.78 is 0. The average molecular weight is 338 g/mol. The highest BCUT2D eigenvalue weighted by molar-refractivity contribution is 5.79. The molecule has 2 aromatic rings. The highest BCUT2D eigenvalue weighted by atomic mass is 15.3. The Morgan fingerprint density at radius 2 is 1.72 bits per heavy atom. The number of benzene rings is 1. The van der Waals surface area contributed by atoms with Gasteiger partial charge >= 0.3 is 0 Å². The molecule has 4 rings (SSSR count). The van der Waals surface area contributed by atoms with Crippen molar-refractivity contribution >= 4 is 10.9 Å². The molecule has 0 aliphatic carbocycles. The van der Waals surface area contributed by atoms with Crippen LogP contribution >= 0.6 is 0 Å². The molecule has 4 heteroatoms. The number of hydrogen-bond acceptors (Lipinski definition) is 4. The largest absolute Gasteiger partial charge is 0.304 e. The fourth-order valence-electron chi connectivity index (χ4n) is 4.26. The van der Waals surface area contributed by atoms with Gasteiger partial charge in [-0.1, -0.05) is 12.1 Å². The third-order valence-corrected chi connectivity index (χ3v) is 5.91. The minimum Gasteiger partial charge on any atom is -0.304 e. The van der Waals surface area contributed by atoms with Crippen molar-refractivity contribution < 1.29 is 0 Å². The predicted octanol–water partition coefficient (Wildman–Crippen LogP) is 2.76. The second kappa shape index (κ2) is 7.40. The number of rotatable bonds is 3. The van der Waals surface area contributed by atoms with Crippen molar-refractivity contribution in [2.75, 3.05) is 46.3 Å². The van der Waals surface area contributed by atoms with Gasteiger partial charge in [0.15, 0.2) is 0 Å². The first-order valence-electron chi connectivity index (χ1n) is 9.68. The van der Waals surface area contributed by atoms with Gasteiger partial charge in [0.2, 0.25) is 0 Å². The Hall–Kier alpha value is -1.49. The van der Waals surface area contributed by atoms with Gasteiger partial charge in [-0.3, -0.25) is 14.8 Å². The molecule has 0 spiro atoms. The minimum atomic E-state index is 0.800. The molecule has 0 amide bonds. The van der Waals surface area contributed by atoms with E-state index in [0.29, 0.717) is 0 Å². The van der Waals surface area contributed by atoms with Crippen LogP contribution in [0.5, 0.6) is 0 Å². The Balaban J connectivity index is 1.33. The molecule has 0 radical (unpaired) electrons. The van der Waals surface area contributed by atoms with Crippen LogP contribution in [0.3, 0.4) is 0 Å². The van der Waals surface area contributed by atoms with Crippen molar-refractivity contribution in [1.82, 2.24) is 19.7 Å². The predicted molar refractivity (Wildman–Crippen MR) is 104 cm³/mol. The van der Waals surface area contributed by atoms with E-state index < -0.39 is 0 Å². The summed E-state index contributed by atoms with van der Waals surface area (Å²) in [5.74, 6) is 0. The molecule has 0 N–H and O–H groups in total. The molecule has 134 valence electrons. The monoisotopic (exact) mass is 338 g/mol. The first kappa shape index (κ1) is 17.0. The Morgan fingerprint density at radius 3 is 2.48 bits per heavy atom. The van der Waals surface area contributed by atoms with E-state index in [2.05, 4.69) is 64.0 Å². The summed E-state index contributed by atoms with van der Waals surface area (Å²) in [6, 6.07) is 11.8. The van der Waals surface area contributed by atoms with Crippen LogP contribution in [0.2, 0.25) is 0 Å². The van der Waals surface area contributed by atoms with E-state index in [4.69, 9.17) is 0 Å². The zero-order valence-electron chi connectivity index (χ0n) is 15.6. The van der Waals surface area contributed by atoms with Crippen LogP contribution in [0.4, 0.5) is 0 Å². The summed E-state index contributed by atoms with van der Waals surface area (Å²) >= 11 is 0. The molecule has 25 heavy (non-hydrogen) atoms. The van der Waals surface area contributed by atoms with E-state index in [1.807, 2.05) is 0 Å². The van der Waals surface area contributed by atoms with Crippen LogP contribution < -0.4 is 0 Å². The van der Waals surface area contributed by atoms with Crippen LogP contribution in [0.25, 0.3) is 10.9 Å². The number of nitrogens with zero attached hydrogens (tertiary/aromatic N) is 4. The van der Waals surface area contributed by atoms with Crippen molar-refractivity contribution in [3.05, 3.63) is 41.6 Å². The van der Waals surface area contributed by atoms with Crippen LogP contribution in [0, 0.1) is 6.92 Å². The third kappa shape index (κ3) is 4.02. The molecule has 4 nitrogen and oxygen atoms in total. The Bertz CT molecular complexity index is 713. The van der Waals surface area contributed by atoms with Gasteiger partial charge in [-0.25, -0.2) is 0 Å². The van der Waals surface area contributed by atoms with Crippen LogP contribution in [0.15, 0.2) is 30.3 Å². The number of likely N-dealkylation sites (tertiary alicyclic amines) is 1. The van der Waals surface area contributed by atoms with Crippen molar-refractivity contribution in [3.63, 3.8) is 0 Å². The van der Waals surface area contributed by atoms with Crippen LogP contribution in [-0.2, 0) is 6.54 Å². The van der Waals surface area contributed by atoms with Gasteiger partial charge in [0.1, 0.15) is 0 Å². The number of likely N-dealkylation sites (N-methyl/N-ethyl adjacent to an activating group) is 1. The molecule has 2 saturated heterocycles. The molecule has 2 fully saturated rings. The Morgan fingerprint density at radius 1 is 0.960 bits per heavy atom. The van der Waals surface area contributed by atoms with Gasteiger partial charge < -0.3 is 4.90 Å². The van der Waals surface area contributed by atoms with E-state index in [9.17, 15) is 0 Å². The zero-order valence-corrected chi connectivity index (χ0v) is 15.6. The van der Waals surface area contributed by atoms with Gasteiger partial charge in [0, 0.05) is 49.8 Å². The standard InChI is InChI=1S/C21H30N4/c1-17-3-5-19-15-18(4-6-21(19)22-17)16-24-9-7-20(8-10-24)25-13-11-23(2)12-14-25/h3-6,15,20H,7-14,16H2,1-2H3. The zero-order chi connectivity index (χ0) is 17.2. The molecule has 0 atom stereocenters. The van der Waals surface area contributed by atoms with Gasteiger partial charge in [-0.15, -0.1) is 0 Å². The molecule has 0 unspecified atom stereocenters. The molecule has 2 aliphatic heterocycles. The summed E-state index contributed by atoms with van der Waals surface area (Å²) in [6.45, 7) is 10.5. The molecule has 0 bridgehead atoms. The third-order valence-electron chi connectivity index (χ3n) is 5.91. The highest BCUT2D eigenvalue weighted by Crippen LogP contribution is 2.21. The summed E-state index contributed by atoms with van der Waals surface area (Å²) in [5, 5.41) is 1.26. The second-order valence-electron chi connectivity index (χ2n) is 7.83. The highest BCUT2D eigenvalue weighted by Gasteiger charge is 2.26. The number of piperazine rings is 1. The summed E-state index contributed by atoms with van der Waals surface area (Å²) in [4.78, 5) is 12.4. The van der Waals surface area contributed by atoms with Crippen molar-refractivity contribution in [2.24, 2.45) is 0 Å². The fraction of sp³-hybridized carbons (Fsp3) is 0.571. The first-order valence-corrected chi connectivity index (χ1v) is 9.68. The lowest BCUT2D eigenvalue weighted by Gasteiger charge is -2.42. The molecule has 1 aromatic carbocycles. The van der Waals surface area contributed by atoms with E-state index in [1.54, 1.807) is 0 Å². The maximum atomic E-state index is 4.61. The number of aromatic nitrogens is 1. The van der Waals surface area contributed by atoms with Crippen LogP contribution in [-0.4, -0.2) is 72.0 Å². The summed E-state index contributed by atoms with van der Waals surface area (Å²) in [5.41, 5.74) is 3.61. The Kier molecular flexibility index (Phi) is 5.02. The molecular weight excluding hydrogens is 308 g/mol. The quantitative estimate of drug-likeness (QED) is 0.858. The number of piperidine rings is 1.